The summed E-state index contributed by atoms with van der Waals surface area (Å²) in [7, 11) is -3.67. The van der Waals surface area contributed by atoms with Crippen molar-refractivity contribution in [1.29, 1.82) is 0 Å². The van der Waals surface area contributed by atoms with Crippen LogP contribution in [0.2, 0.25) is 0 Å². The highest BCUT2D eigenvalue weighted by molar-refractivity contribution is 7.85. The van der Waals surface area contributed by atoms with Crippen LogP contribution in [-0.2, 0) is 23.1 Å². The number of rotatable bonds is 4. The lowest BCUT2D eigenvalue weighted by Crippen LogP contribution is -2.35. The van der Waals surface area contributed by atoms with Crippen molar-refractivity contribution in [3.05, 3.63) is 90.0 Å². The number of guanidine groups is 1. The summed E-state index contributed by atoms with van der Waals surface area (Å²) in [6.45, 7) is 1.42. The van der Waals surface area contributed by atoms with Gasteiger partial charge in [0.2, 0.25) is 5.96 Å². The number of hydrogen-bond acceptors (Lipinski definition) is 4. The summed E-state index contributed by atoms with van der Waals surface area (Å²) in [6.07, 6.45) is 1.71. The average Bonchev–Trinajstić information content (AvgIpc) is 3.17. The predicted molar refractivity (Wildman–Crippen MR) is 123 cm³/mol. The van der Waals surface area contributed by atoms with E-state index < -0.39 is 10.1 Å². The molecule has 3 aromatic rings. The van der Waals surface area contributed by atoms with Crippen molar-refractivity contribution in [2.75, 3.05) is 17.7 Å². The first-order valence-electron chi connectivity index (χ1n) is 9.68. The first-order chi connectivity index (χ1) is 14.8. The Hall–Kier alpha value is -3.36. The third-order valence-corrected chi connectivity index (χ3v) is 4.49. The fraction of sp³-hybridized carbons (Fsp3) is 0.174. The second-order valence-corrected chi connectivity index (χ2v) is 8.47. The van der Waals surface area contributed by atoms with E-state index in [-0.39, 0.29) is 0 Å². The molecule has 0 saturated carbocycles. The van der Waals surface area contributed by atoms with Gasteiger partial charge in [-0.3, -0.25) is 4.55 Å². The third-order valence-electron chi connectivity index (χ3n) is 4.49. The first kappa shape index (κ1) is 22.3. The Labute approximate surface area is 182 Å². The average molecular weight is 440 g/mol. The van der Waals surface area contributed by atoms with Gasteiger partial charge in [0, 0.05) is 12.2 Å². The minimum atomic E-state index is -3.67. The Balaban J connectivity index is 0.000000491. The standard InChI is InChI=1S/C22H21N3O.CH4O3S/c23-22(25-15-14-18-8-4-5-9-21(18)25)24-19-10-12-20(13-11-19)26-16-17-6-2-1-3-7-17;1-5(2,3)4/h1-13H,14-16H2,(H2,23,24);1H3,(H,2,3,4). The molecule has 0 amide bonds. The molecular weight excluding hydrogens is 414 g/mol. The molecule has 1 heterocycles. The lowest BCUT2D eigenvalue weighted by molar-refractivity contribution is 0.306. The molecule has 1 aliphatic rings. The Morgan fingerprint density at radius 3 is 2.32 bits per heavy atom. The molecule has 3 N–H and O–H groups in total. The molecule has 0 spiro atoms. The van der Waals surface area contributed by atoms with Crippen LogP contribution in [0.15, 0.2) is 83.9 Å². The summed E-state index contributed by atoms with van der Waals surface area (Å²) < 4.78 is 31.7. The molecule has 1 aliphatic heterocycles. The molecule has 0 aliphatic carbocycles. The number of nitrogens with two attached hydrogens (primary N) is 1. The largest absolute Gasteiger partial charge is 0.489 e. The number of benzene rings is 3. The summed E-state index contributed by atoms with van der Waals surface area (Å²) in [5.74, 6) is 1.34. The minimum Gasteiger partial charge on any atom is -0.489 e. The van der Waals surface area contributed by atoms with Crippen molar-refractivity contribution in [3.8, 4) is 5.75 Å². The smallest absolute Gasteiger partial charge is 0.261 e. The van der Waals surface area contributed by atoms with Gasteiger partial charge in [-0.25, -0.2) is 4.99 Å². The minimum absolute atomic E-state index is 0.521. The molecule has 0 fully saturated rings. The van der Waals surface area contributed by atoms with Crippen LogP contribution in [0, 0.1) is 0 Å². The van der Waals surface area contributed by atoms with Gasteiger partial charge in [-0.15, -0.1) is 0 Å². The molecule has 31 heavy (non-hydrogen) atoms. The van der Waals surface area contributed by atoms with Gasteiger partial charge in [0.05, 0.1) is 11.9 Å². The lowest BCUT2D eigenvalue weighted by Gasteiger charge is -2.18. The van der Waals surface area contributed by atoms with Crippen molar-refractivity contribution in [2.24, 2.45) is 10.7 Å². The van der Waals surface area contributed by atoms with Crippen LogP contribution >= 0.6 is 0 Å². The van der Waals surface area contributed by atoms with Gasteiger partial charge < -0.3 is 15.4 Å². The molecular formula is C23H25N3O4S. The second-order valence-electron chi connectivity index (χ2n) is 7.00. The van der Waals surface area contributed by atoms with Crippen LogP contribution in [0.1, 0.15) is 11.1 Å². The maximum atomic E-state index is 9.19. The normalized spacial score (nSPS) is 13.2. The van der Waals surface area contributed by atoms with Crippen LogP contribution in [0.3, 0.4) is 0 Å². The highest BCUT2D eigenvalue weighted by Gasteiger charge is 2.20. The molecule has 0 atom stereocenters. The van der Waals surface area contributed by atoms with Crippen LogP contribution in [0.25, 0.3) is 0 Å². The highest BCUT2D eigenvalue weighted by Crippen LogP contribution is 2.28. The van der Waals surface area contributed by atoms with Crippen molar-refractivity contribution in [3.63, 3.8) is 0 Å². The maximum Gasteiger partial charge on any atom is 0.261 e. The lowest BCUT2D eigenvalue weighted by atomic mass is 10.2. The zero-order chi connectivity index (χ0) is 22.3. The van der Waals surface area contributed by atoms with E-state index >= 15 is 0 Å². The van der Waals surface area contributed by atoms with E-state index in [0.717, 1.165) is 35.7 Å². The second kappa shape index (κ2) is 10.1. The van der Waals surface area contributed by atoms with Crippen LogP contribution in [0.5, 0.6) is 5.75 Å². The Morgan fingerprint density at radius 1 is 1.03 bits per heavy atom. The van der Waals surface area contributed by atoms with Crippen LogP contribution in [0.4, 0.5) is 11.4 Å². The molecule has 0 bridgehead atoms. The Morgan fingerprint density at radius 2 is 1.65 bits per heavy atom. The van der Waals surface area contributed by atoms with Crippen molar-refractivity contribution < 1.29 is 17.7 Å². The quantitative estimate of drug-likeness (QED) is 0.364. The van der Waals surface area contributed by atoms with Crippen molar-refractivity contribution in [1.82, 2.24) is 0 Å². The number of para-hydroxylation sites is 1. The number of hydrogen-bond donors (Lipinski definition) is 2. The maximum absolute atomic E-state index is 9.19. The molecule has 0 radical (unpaired) electrons. The monoisotopic (exact) mass is 439 g/mol. The van der Waals surface area contributed by atoms with Gasteiger partial charge in [0.25, 0.3) is 10.1 Å². The van der Waals surface area contributed by atoms with E-state index in [2.05, 4.69) is 28.1 Å². The summed E-state index contributed by atoms with van der Waals surface area (Å²) in [5, 5.41) is 0. The van der Waals surface area contributed by atoms with Crippen molar-refractivity contribution >= 4 is 27.5 Å². The molecule has 0 saturated heterocycles. The fourth-order valence-corrected chi connectivity index (χ4v) is 3.13. The number of anilines is 1. The molecule has 0 aromatic heterocycles. The summed E-state index contributed by atoms with van der Waals surface area (Å²) in [5.41, 5.74) is 10.7. The number of fused-ring (bicyclic) bond motifs is 1. The molecule has 3 aromatic carbocycles. The summed E-state index contributed by atoms with van der Waals surface area (Å²) in [4.78, 5) is 6.63. The van der Waals surface area contributed by atoms with E-state index in [4.69, 9.17) is 15.0 Å². The molecule has 0 unspecified atom stereocenters. The van der Waals surface area contributed by atoms with E-state index in [1.165, 1.54) is 5.56 Å². The zero-order valence-electron chi connectivity index (χ0n) is 17.2. The van der Waals surface area contributed by atoms with E-state index in [0.29, 0.717) is 18.8 Å². The number of nitrogens with zero attached hydrogens (tertiary/aromatic N) is 2. The van der Waals surface area contributed by atoms with Gasteiger partial charge in [0.15, 0.2) is 0 Å². The summed E-state index contributed by atoms with van der Waals surface area (Å²) in [6, 6.07) is 26.1. The molecule has 7 nitrogen and oxygen atoms in total. The Kier molecular flexibility index (Phi) is 7.28. The molecule has 162 valence electrons. The van der Waals surface area contributed by atoms with Crippen molar-refractivity contribution in [2.45, 2.75) is 13.0 Å². The topological polar surface area (TPSA) is 105 Å². The van der Waals surface area contributed by atoms with E-state index in [1.807, 2.05) is 60.7 Å². The summed E-state index contributed by atoms with van der Waals surface area (Å²) >= 11 is 0. The zero-order valence-corrected chi connectivity index (χ0v) is 18.0. The predicted octanol–water partition coefficient (Wildman–Crippen LogP) is 3.78. The fourth-order valence-electron chi connectivity index (χ4n) is 3.13. The van der Waals surface area contributed by atoms with Gasteiger partial charge in [-0.05, 0) is 47.9 Å². The molecule has 8 heteroatoms. The van der Waals surface area contributed by atoms with Gasteiger partial charge in [-0.1, -0.05) is 48.5 Å². The first-order valence-corrected chi connectivity index (χ1v) is 11.5. The van der Waals surface area contributed by atoms with E-state index in [1.54, 1.807) is 0 Å². The number of ether oxygens (including phenoxy) is 1. The van der Waals surface area contributed by atoms with Gasteiger partial charge in [-0.2, -0.15) is 8.42 Å². The highest BCUT2D eigenvalue weighted by atomic mass is 32.2. The van der Waals surface area contributed by atoms with Gasteiger partial charge in [0.1, 0.15) is 12.4 Å². The van der Waals surface area contributed by atoms with Gasteiger partial charge >= 0.3 is 0 Å². The number of aliphatic imine (C=N–C) groups is 1. The van der Waals surface area contributed by atoms with E-state index in [9.17, 15) is 8.42 Å². The van der Waals surface area contributed by atoms with Crippen LogP contribution in [-0.4, -0.2) is 31.7 Å². The Bertz CT molecular complexity index is 1120. The molecule has 4 rings (SSSR count). The van der Waals surface area contributed by atoms with Crippen LogP contribution < -0.4 is 15.4 Å². The SMILES string of the molecule is CS(=O)(=O)O.NC(=Nc1ccc(OCc2ccccc2)cc1)N1CCc2ccccc21. The third kappa shape index (κ3) is 7.13.